The number of hydrogen-bond acceptors (Lipinski definition) is 5. The number of thioether (sulfide) groups is 2. The summed E-state index contributed by atoms with van der Waals surface area (Å²) in [6.45, 7) is 4.46. The number of carbonyl (C=O) groups excluding carboxylic acids is 1. The molecule has 0 N–H and O–H groups in total. The molecule has 1 saturated heterocycles. The number of aromatic nitrogens is 2. The largest absolute Gasteiger partial charge is 0.299 e. The van der Waals surface area contributed by atoms with Gasteiger partial charge in [0.2, 0.25) is 0 Å². The second kappa shape index (κ2) is 11.1. The van der Waals surface area contributed by atoms with Crippen molar-refractivity contribution in [3.8, 4) is 0 Å². The van der Waals surface area contributed by atoms with Gasteiger partial charge in [0, 0.05) is 30.1 Å². The number of piperidine rings is 1. The average molecular weight is 458 g/mol. The second-order valence-corrected chi connectivity index (χ2v) is 10.8. The molecule has 0 amide bonds. The molecule has 0 spiro atoms. The maximum Gasteiger partial charge on any atom is 0.191 e. The van der Waals surface area contributed by atoms with Gasteiger partial charge >= 0.3 is 0 Å². The summed E-state index contributed by atoms with van der Waals surface area (Å²) < 4.78 is 2.12. The molecule has 1 aliphatic heterocycles. The third-order valence-corrected chi connectivity index (χ3v) is 8.53. The van der Waals surface area contributed by atoms with E-state index in [1.54, 1.807) is 11.8 Å². The summed E-state index contributed by atoms with van der Waals surface area (Å²) in [6, 6.07) is 9.33. The summed E-state index contributed by atoms with van der Waals surface area (Å²) in [5.74, 6) is 1.65. The molecule has 1 aromatic carbocycles. The van der Waals surface area contributed by atoms with Crippen molar-refractivity contribution in [2.24, 2.45) is 11.8 Å². The fraction of sp³-hybridized carbons (Fsp3) is 0.600. The number of rotatable bonds is 7. The first-order valence-corrected chi connectivity index (χ1v) is 14.0. The highest BCUT2D eigenvalue weighted by atomic mass is 32.2. The van der Waals surface area contributed by atoms with Crippen molar-refractivity contribution >= 4 is 28.6 Å². The van der Waals surface area contributed by atoms with Crippen LogP contribution in [0.4, 0.5) is 0 Å². The van der Waals surface area contributed by atoms with Gasteiger partial charge in [-0.15, -0.1) is 11.8 Å². The van der Waals surface area contributed by atoms with Gasteiger partial charge in [-0.2, -0.15) is 5.10 Å². The zero-order chi connectivity index (χ0) is 21.6. The van der Waals surface area contributed by atoms with Gasteiger partial charge in [-0.1, -0.05) is 36.0 Å². The van der Waals surface area contributed by atoms with E-state index in [1.165, 1.54) is 53.7 Å². The maximum absolute atomic E-state index is 11.9. The van der Waals surface area contributed by atoms with E-state index in [0.717, 1.165) is 44.7 Å². The van der Waals surface area contributed by atoms with Gasteiger partial charge in [0.05, 0.1) is 6.20 Å². The molecular weight excluding hydrogens is 422 g/mol. The van der Waals surface area contributed by atoms with Crippen molar-refractivity contribution in [1.82, 2.24) is 14.7 Å². The SMILES string of the molecule is CSC(=O)C1CCC(c2ccc(CN3CCC(Cn4cc(SC)cn4)CC3)cc2)CC1. The normalized spacial score (nSPS) is 23.2. The summed E-state index contributed by atoms with van der Waals surface area (Å²) in [5, 5.41) is 4.88. The Morgan fingerprint density at radius 1 is 1.03 bits per heavy atom. The van der Waals surface area contributed by atoms with Crippen molar-refractivity contribution < 1.29 is 4.79 Å². The topological polar surface area (TPSA) is 38.1 Å². The Morgan fingerprint density at radius 3 is 2.35 bits per heavy atom. The summed E-state index contributed by atoms with van der Waals surface area (Å²) in [7, 11) is 0. The smallest absolute Gasteiger partial charge is 0.191 e. The van der Waals surface area contributed by atoms with Crippen molar-refractivity contribution in [2.45, 2.75) is 62.4 Å². The molecule has 168 valence electrons. The minimum absolute atomic E-state index is 0.286. The first-order chi connectivity index (χ1) is 15.1. The van der Waals surface area contributed by atoms with Crippen LogP contribution in [0.2, 0.25) is 0 Å². The molecule has 1 aromatic heterocycles. The van der Waals surface area contributed by atoms with E-state index in [4.69, 9.17) is 0 Å². The standard InChI is InChI=1S/C25H35N3OS2/c1-30-24-15-26-28(18-24)17-20-11-13-27(14-12-20)16-19-3-5-21(6-4-19)22-7-9-23(10-8-22)25(29)31-2/h3-6,15,18,20,22-23H,7-14,16-17H2,1-2H3. The first kappa shape index (κ1) is 22.9. The Labute approximate surface area is 195 Å². The third kappa shape index (κ3) is 6.17. The zero-order valence-corrected chi connectivity index (χ0v) is 20.5. The molecule has 2 aliphatic rings. The molecule has 6 heteroatoms. The fourth-order valence-electron chi connectivity index (χ4n) is 5.12. The maximum atomic E-state index is 11.9. The molecule has 4 nitrogen and oxygen atoms in total. The van der Waals surface area contributed by atoms with E-state index >= 15 is 0 Å². The quantitative estimate of drug-likeness (QED) is 0.500. The van der Waals surface area contributed by atoms with Crippen LogP contribution in [0.25, 0.3) is 0 Å². The van der Waals surface area contributed by atoms with Crippen LogP contribution in [0.3, 0.4) is 0 Å². The van der Waals surface area contributed by atoms with Crippen LogP contribution < -0.4 is 0 Å². The predicted molar refractivity (Wildman–Crippen MR) is 132 cm³/mol. The van der Waals surface area contributed by atoms with E-state index in [1.807, 2.05) is 12.5 Å². The van der Waals surface area contributed by atoms with E-state index in [-0.39, 0.29) is 5.92 Å². The Kier molecular flexibility index (Phi) is 8.18. The van der Waals surface area contributed by atoms with Crippen molar-refractivity contribution in [1.29, 1.82) is 0 Å². The minimum atomic E-state index is 0.286. The number of likely N-dealkylation sites (tertiary alicyclic amines) is 1. The lowest BCUT2D eigenvalue weighted by molar-refractivity contribution is -0.115. The summed E-state index contributed by atoms with van der Waals surface area (Å²) in [4.78, 5) is 15.8. The van der Waals surface area contributed by atoms with Crippen molar-refractivity contribution in [3.63, 3.8) is 0 Å². The first-order valence-electron chi connectivity index (χ1n) is 11.6. The van der Waals surface area contributed by atoms with Crippen LogP contribution in [-0.2, 0) is 17.9 Å². The number of nitrogens with zero attached hydrogens (tertiary/aromatic N) is 3. The third-order valence-electron chi connectivity index (χ3n) is 7.12. The van der Waals surface area contributed by atoms with Crippen LogP contribution in [0.15, 0.2) is 41.6 Å². The molecule has 31 heavy (non-hydrogen) atoms. The molecular formula is C25H35N3OS2. The minimum Gasteiger partial charge on any atom is -0.299 e. The monoisotopic (exact) mass is 457 g/mol. The van der Waals surface area contributed by atoms with Gasteiger partial charge in [0.1, 0.15) is 0 Å². The van der Waals surface area contributed by atoms with Gasteiger partial charge in [-0.25, -0.2) is 0 Å². The van der Waals surface area contributed by atoms with Crippen molar-refractivity contribution in [3.05, 3.63) is 47.8 Å². The van der Waals surface area contributed by atoms with E-state index < -0.39 is 0 Å². The highest BCUT2D eigenvalue weighted by Crippen LogP contribution is 2.37. The molecule has 0 radical (unpaired) electrons. The van der Waals surface area contributed by atoms with E-state index in [0.29, 0.717) is 11.0 Å². The lowest BCUT2D eigenvalue weighted by Crippen LogP contribution is -2.34. The lowest BCUT2D eigenvalue weighted by atomic mass is 9.79. The Hall–Kier alpha value is -1.24. The molecule has 0 unspecified atom stereocenters. The number of carbonyl (C=O) groups is 1. The molecule has 2 heterocycles. The highest BCUT2D eigenvalue weighted by Gasteiger charge is 2.26. The van der Waals surface area contributed by atoms with Gasteiger partial charge in [0.25, 0.3) is 0 Å². The van der Waals surface area contributed by atoms with E-state index in [2.05, 4.69) is 51.4 Å². The second-order valence-electron chi connectivity index (χ2n) is 9.14. The molecule has 2 aromatic rings. The van der Waals surface area contributed by atoms with Crippen LogP contribution in [0.5, 0.6) is 0 Å². The zero-order valence-electron chi connectivity index (χ0n) is 18.8. The van der Waals surface area contributed by atoms with Gasteiger partial charge in [-0.3, -0.25) is 14.4 Å². The van der Waals surface area contributed by atoms with Gasteiger partial charge < -0.3 is 0 Å². The Balaban J connectivity index is 1.21. The van der Waals surface area contributed by atoms with E-state index in [9.17, 15) is 4.79 Å². The Bertz CT molecular complexity index is 835. The summed E-state index contributed by atoms with van der Waals surface area (Å²) in [5.41, 5.74) is 2.88. The molecule has 2 fully saturated rings. The summed E-state index contributed by atoms with van der Waals surface area (Å²) in [6.07, 6.45) is 15.1. The summed E-state index contributed by atoms with van der Waals surface area (Å²) >= 11 is 3.16. The number of hydrogen-bond donors (Lipinski definition) is 0. The molecule has 0 atom stereocenters. The van der Waals surface area contributed by atoms with Gasteiger partial charge in [0.15, 0.2) is 5.12 Å². The Morgan fingerprint density at radius 2 is 1.74 bits per heavy atom. The van der Waals surface area contributed by atoms with Crippen LogP contribution in [0.1, 0.15) is 55.6 Å². The molecule has 0 bridgehead atoms. The lowest BCUT2D eigenvalue weighted by Gasteiger charge is -2.32. The van der Waals surface area contributed by atoms with Gasteiger partial charge in [-0.05, 0) is 87.1 Å². The average Bonchev–Trinajstić information content (AvgIpc) is 3.28. The molecule has 4 rings (SSSR count). The number of benzene rings is 1. The van der Waals surface area contributed by atoms with Crippen LogP contribution in [-0.4, -0.2) is 45.4 Å². The predicted octanol–water partition coefficient (Wildman–Crippen LogP) is 5.68. The molecule has 1 saturated carbocycles. The van der Waals surface area contributed by atoms with Crippen LogP contribution >= 0.6 is 23.5 Å². The fourth-order valence-corrected chi connectivity index (χ4v) is 6.07. The van der Waals surface area contributed by atoms with Crippen molar-refractivity contribution in [2.75, 3.05) is 25.6 Å². The van der Waals surface area contributed by atoms with Crippen LogP contribution in [0, 0.1) is 11.8 Å². The molecule has 1 aliphatic carbocycles. The highest BCUT2D eigenvalue weighted by molar-refractivity contribution is 8.13.